The zero-order valence-electron chi connectivity index (χ0n) is 18.4. The predicted octanol–water partition coefficient (Wildman–Crippen LogP) is 7.96. The molecule has 0 heteroatoms. The monoisotopic (exact) mass is 346 g/mol. The highest BCUT2D eigenvalue weighted by atomic mass is 14.6. The van der Waals surface area contributed by atoms with Gasteiger partial charge in [-0.25, -0.2) is 0 Å². The fourth-order valence-electron chi connectivity index (χ4n) is 8.61. The predicted molar refractivity (Wildman–Crippen MR) is 111 cm³/mol. The number of rotatable bonds is 1. The molecule has 25 heavy (non-hydrogen) atoms. The van der Waals surface area contributed by atoms with Crippen LogP contribution in [0.3, 0.4) is 0 Å². The molecule has 0 nitrogen and oxygen atoms in total. The first-order chi connectivity index (χ1) is 11.9. The zero-order chi connectivity index (χ0) is 18.4. The van der Waals surface area contributed by atoms with Gasteiger partial charge >= 0.3 is 0 Å². The molecule has 4 saturated carbocycles. The van der Waals surface area contributed by atoms with E-state index >= 15 is 0 Å². The Balaban J connectivity index is 0.000000880. The van der Waals surface area contributed by atoms with Crippen LogP contribution in [-0.4, -0.2) is 0 Å². The van der Waals surface area contributed by atoms with Gasteiger partial charge in [0.2, 0.25) is 0 Å². The smallest absolute Gasteiger partial charge is 0.0264 e. The molecule has 0 aromatic rings. The van der Waals surface area contributed by atoms with E-state index in [1.807, 2.05) is 13.8 Å². The van der Waals surface area contributed by atoms with Gasteiger partial charge in [0, 0.05) is 0 Å². The first-order valence-corrected chi connectivity index (χ1v) is 11.9. The molecule has 4 rings (SSSR count). The third-order valence-electron chi connectivity index (χ3n) is 9.81. The lowest BCUT2D eigenvalue weighted by Gasteiger charge is -2.61. The molecule has 146 valence electrons. The SMILES string of the molecule is CC.CC1CCC2(C)C(CCC3C2CCC2(C)C(C(C)C)CCC32)C1. The summed E-state index contributed by atoms with van der Waals surface area (Å²) in [6.07, 6.45) is 13.9. The molecule has 8 unspecified atom stereocenters. The average Bonchev–Trinajstić information content (AvgIpc) is 2.95. The standard InChI is InChI=1S/C23H40.C2H6/c1-15(2)19-8-9-20-18-7-6-17-14-16(3)10-12-22(17,4)21(18)11-13-23(19,20)5;1-2/h15-21H,6-14H2,1-5H3;1-2H3. The second-order valence-corrected chi connectivity index (χ2v) is 11.0. The van der Waals surface area contributed by atoms with Gasteiger partial charge in [-0.05, 0) is 104 Å². The summed E-state index contributed by atoms with van der Waals surface area (Å²) in [5, 5.41) is 0. The first-order valence-electron chi connectivity index (χ1n) is 11.9. The second-order valence-electron chi connectivity index (χ2n) is 11.0. The summed E-state index contributed by atoms with van der Waals surface area (Å²) >= 11 is 0. The molecule has 0 radical (unpaired) electrons. The summed E-state index contributed by atoms with van der Waals surface area (Å²) in [4.78, 5) is 0. The Labute approximate surface area is 158 Å². The van der Waals surface area contributed by atoms with Crippen LogP contribution in [0.25, 0.3) is 0 Å². The summed E-state index contributed by atoms with van der Waals surface area (Å²) in [7, 11) is 0. The Bertz CT molecular complexity index is 451. The highest BCUT2D eigenvalue weighted by Gasteiger charge is 2.60. The van der Waals surface area contributed by atoms with E-state index in [0.717, 1.165) is 41.4 Å². The van der Waals surface area contributed by atoms with E-state index in [1.54, 1.807) is 32.1 Å². The topological polar surface area (TPSA) is 0 Å². The van der Waals surface area contributed by atoms with Gasteiger partial charge in [0.05, 0.1) is 0 Å². The molecule has 4 fully saturated rings. The maximum atomic E-state index is 2.72. The van der Waals surface area contributed by atoms with Crippen molar-refractivity contribution in [1.29, 1.82) is 0 Å². The Kier molecular flexibility index (Phi) is 5.69. The minimum atomic E-state index is 0.681. The molecule has 0 aliphatic heterocycles. The van der Waals surface area contributed by atoms with Gasteiger partial charge in [-0.3, -0.25) is 0 Å². The van der Waals surface area contributed by atoms with Crippen molar-refractivity contribution in [2.24, 2.45) is 52.3 Å². The van der Waals surface area contributed by atoms with E-state index in [0.29, 0.717) is 10.8 Å². The van der Waals surface area contributed by atoms with E-state index in [9.17, 15) is 0 Å². The van der Waals surface area contributed by atoms with Crippen molar-refractivity contribution in [3.63, 3.8) is 0 Å². The normalized spacial score (nSPS) is 51.8. The van der Waals surface area contributed by atoms with E-state index in [4.69, 9.17) is 0 Å². The van der Waals surface area contributed by atoms with E-state index < -0.39 is 0 Å². The minimum Gasteiger partial charge on any atom is -0.0683 e. The fraction of sp³-hybridized carbons (Fsp3) is 1.00. The molecular formula is C25H46. The molecule has 0 amide bonds. The van der Waals surface area contributed by atoms with Crippen LogP contribution >= 0.6 is 0 Å². The van der Waals surface area contributed by atoms with Crippen molar-refractivity contribution in [2.75, 3.05) is 0 Å². The molecule has 0 bridgehead atoms. The van der Waals surface area contributed by atoms with Gasteiger partial charge in [-0.2, -0.15) is 0 Å². The second kappa shape index (κ2) is 7.20. The van der Waals surface area contributed by atoms with Crippen LogP contribution in [0.5, 0.6) is 0 Å². The van der Waals surface area contributed by atoms with Crippen LogP contribution in [0.1, 0.15) is 106 Å². The van der Waals surface area contributed by atoms with Crippen LogP contribution < -0.4 is 0 Å². The maximum Gasteiger partial charge on any atom is -0.0264 e. The van der Waals surface area contributed by atoms with Crippen LogP contribution in [0, 0.1) is 52.3 Å². The number of hydrogen-bond acceptors (Lipinski definition) is 0. The summed E-state index contributed by atoms with van der Waals surface area (Å²) in [6, 6.07) is 0. The quantitative estimate of drug-likeness (QED) is 0.451. The summed E-state index contributed by atoms with van der Waals surface area (Å²) in [6.45, 7) is 16.9. The van der Waals surface area contributed by atoms with Gasteiger partial charge in [0.25, 0.3) is 0 Å². The van der Waals surface area contributed by atoms with E-state index in [1.165, 1.54) is 25.7 Å². The van der Waals surface area contributed by atoms with Crippen LogP contribution in [-0.2, 0) is 0 Å². The lowest BCUT2D eigenvalue weighted by atomic mass is 9.44. The Morgan fingerprint density at radius 3 is 2.08 bits per heavy atom. The molecule has 0 N–H and O–H groups in total. The minimum absolute atomic E-state index is 0.681. The van der Waals surface area contributed by atoms with Gasteiger partial charge in [-0.15, -0.1) is 0 Å². The fourth-order valence-corrected chi connectivity index (χ4v) is 8.61. The van der Waals surface area contributed by atoms with E-state index in [2.05, 4.69) is 34.6 Å². The number of fused-ring (bicyclic) bond motifs is 5. The first kappa shape index (κ1) is 19.8. The molecule has 0 saturated heterocycles. The third-order valence-corrected chi connectivity index (χ3v) is 9.81. The van der Waals surface area contributed by atoms with E-state index in [-0.39, 0.29) is 0 Å². The van der Waals surface area contributed by atoms with Crippen LogP contribution in [0.4, 0.5) is 0 Å². The van der Waals surface area contributed by atoms with Crippen molar-refractivity contribution < 1.29 is 0 Å². The van der Waals surface area contributed by atoms with Crippen molar-refractivity contribution in [3.05, 3.63) is 0 Å². The molecule has 0 aromatic carbocycles. The summed E-state index contributed by atoms with van der Waals surface area (Å²) < 4.78 is 0. The van der Waals surface area contributed by atoms with Crippen molar-refractivity contribution in [1.82, 2.24) is 0 Å². The van der Waals surface area contributed by atoms with Gasteiger partial charge < -0.3 is 0 Å². The molecule has 0 spiro atoms. The van der Waals surface area contributed by atoms with Crippen molar-refractivity contribution in [2.45, 2.75) is 106 Å². The van der Waals surface area contributed by atoms with Crippen LogP contribution in [0.2, 0.25) is 0 Å². The Hall–Kier alpha value is 0. The Morgan fingerprint density at radius 2 is 1.40 bits per heavy atom. The lowest BCUT2D eigenvalue weighted by Crippen LogP contribution is -2.53. The van der Waals surface area contributed by atoms with Gasteiger partial charge in [0.1, 0.15) is 0 Å². The van der Waals surface area contributed by atoms with Crippen molar-refractivity contribution in [3.8, 4) is 0 Å². The van der Waals surface area contributed by atoms with Crippen molar-refractivity contribution >= 4 is 0 Å². The highest BCUT2D eigenvalue weighted by molar-refractivity contribution is 5.09. The molecule has 4 aliphatic rings. The molecule has 8 atom stereocenters. The third kappa shape index (κ3) is 3.02. The zero-order valence-corrected chi connectivity index (χ0v) is 18.4. The molecule has 0 heterocycles. The average molecular weight is 347 g/mol. The largest absolute Gasteiger partial charge is 0.0683 e. The lowest BCUT2D eigenvalue weighted by molar-refractivity contribution is -0.119. The molecule has 4 aliphatic carbocycles. The number of hydrogen-bond donors (Lipinski definition) is 0. The highest BCUT2D eigenvalue weighted by Crippen LogP contribution is 2.68. The molecular weight excluding hydrogens is 300 g/mol. The van der Waals surface area contributed by atoms with Gasteiger partial charge in [0.15, 0.2) is 0 Å². The maximum absolute atomic E-state index is 2.72. The summed E-state index contributed by atoms with van der Waals surface area (Å²) in [5.74, 6) is 7.15. The van der Waals surface area contributed by atoms with Crippen LogP contribution in [0.15, 0.2) is 0 Å². The Morgan fingerprint density at radius 1 is 0.760 bits per heavy atom. The van der Waals surface area contributed by atoms with Gasteiger partial charge in [-0.1, -0.05) is 54.9 Å². The summed E-state index contributed by atoms with van der Waals surface area (Å²) in [5.41, 5.74) is 1.38. The molecule has 0 aromatic heterocycles.